The molecular weight excluding hydrogens is 254 g/mol. The van der Waals surface area contributed by atoms with E-state index in [1.807, 2.05) is 0 Å². The van der Waals surface area contributed by atoms with Gasteiger partial charge >= 0.3 is 0 Å². The van der Waals surface area contributed by atoms with Crippen LogP contribution in [0.2, 0.25) is 0 Å². The van der Waals surface area contributed by atoms with Gasteiger partial charge in [-0.2, -0.15) is 0 Å². The highest BCUT2D eigenvalue weighted by atomic mass is 79.9. The summed E-state index contributed by atoms with van der Waals surface area (Å²) in [5, 5.41) is 19.5. The van der Waals surface area contributed by atoms with E-state index in [2.05, 4.69) is 15.9 Å². The lowest BCUT2D eigenvalue weighted by Gasteiger charge is -2.07. The zero-order valence-electron chi connectivity index (χ0n) is 7.36. The van der Waals surface area contributed by atoms with Gasteiger partial charge in [0.15, 0.2) is 0 Å². The molecule has 14 heavy (non-hydrogen) atoms. The Morgan fingerprint density at radius 1 is 1.64 bits per heavy atom. The molecule has 0 fully saturated rings. The third kappa shape index (κ3) is 1.85. The van der Waals surface area contributed by atoms with Crippen molar-refractivity contribution in [3.8, 4) is 5.75 Å². The van der Waals surface area contributed by atoms with Gasteiger partial charge in [0, 0.05) is 11.6 Å². The Morgan fingerprint density at radius 2 is 2.29 bits per heavy atom. The van der Waals surface area contributed by atoms with E-state index in [1.54, 1.807) is 0 Å². The van der Waals surface area contributed by atoms with Gasteiger partial charge in [-0.25, -0.2) is 0 Å². The molecule has 1 rings (SSSR count). The lowest BCUT2D eigenvalue weighted by molar-refractivity contribution is -0.385. The fraction of sp³-hybridized carbons (Fsp3) is 0.250. The Morgan fingerprint density at radius 3 is 2.71 bits per heavy atom. The van der Waals surface area contributed by atoms with E-state index in [0.29, 0.717) is 11.3 Å². The predicted octanol–water partition coefficient (Wildman–Crippen LogP) is 1.86. The van der Waals surface area contributed by atoms with Crippen LogP contribution in [0.4, 0.5) is 5.69 Å². The summed E-state index contributed by atoms with van der Waals surface area (Å²) in [5.41, 5.74) is 0.288. The summed E-state index contributed by atoms with van der Waals surface area (Å²) in [6, 6.07) is 2.77. The lowest BCUT2D eigenvalue weighted by atomic mass is 10.2. The minimum atomic E-state index is -0.525. The molecule has 0 heterocycles. The number of aliphatic hydroxyl groups excluding tert-OH is 1. The normalized spacial score (nSPS) is 9.93. The second-order valence-electron chi connectivity index (χ2n) is 2.49. The average molecular weight is 262 g/mol. The first-order valence-electron chi connectivity index (χ1n) is 3.72. The van der Waals surface area contributed by atoms with Crippen molar-refractivity contribution in [3.05, 3.63) is 32.3 Å². The topological polar surface area (TPSA) is 72.6 Å². The van der Waals surface area contributed by atoms with Gasteiger partial charge in [0.05, 0.1) is 18.6 Å². The van der Waals surface area contributed by atoms with Gasteiger partial charge in [-0.15, -0.1) is 0 Å². The van der Waals surface area contributed by atoms with Gasteiger partial charge in [0.2, 0.25) is 0 Å². The van der Waals surface area contributed by atoms with Crippen molar-refractivity contribution in [2.24, 2.45) is 0 Å². The SMILES string of the molecule is COc1ccc([N+](=O)[O-])c(Br)c1CO. The Kier molecular flexibility index (Phi) is 3.43. The van der Waals surface area contributed by atoms with Crippen LogP contribution in [0, 0.1) is 10.1 Å². The van der Waals surface area contributed by atoms with Crippen LogP contribution in [-0.4, -0.2) is 17.1 Å². The maximum absolute atomic E-state index is 10.5. The molecule has 0 unspecified atom stereocenters. The summed E-state index contributed by atoms with van der Waals surface area (Å²) in [4.78, 5) is 10.0. The number of benzene rings is 1. The van der Waals surface area contributed by atoms with Crippen LogP contribution < -0.4 is 4.74 Å². The van der Waals surface area contributed by atoms with Crippen LogP contribution >= 0.6 is 15.9 Å². The summed E-state index contributed by atoms with van der Waals surface area (Å²) < 4.78 is 5.19. The van der Waals surface area contributed by atoms with Gasteiger partial charge in [-0.1, -0.05) is 0 Å². The third-order valence-electron chi connectivity index (χ3n) is 1.75. The molecule has 0 aliphatic carbocycles. The number of hydrogen-bond donors (Lipinski definition) is 1. The number of nitro groups is 1. The zero-order valence-corrected chi connectivity index (χ0v) is 8.94. The molecule has 0 radical (unpaired) electrons. The van der Waals surface area contributed by atoms with Crippen LogP contribution in [0.15, 0.2) is 16.6 Å². The largest absolute Gasteiger partial charge is 0.496 e. The first kappa shape index (κ1) is 10.9. The minimum Gasteiger partial charge on any atom is -0.496 e. The standard InChI is InChI=1S/C8H8BrNO4/c1-14-7-3-2-6(10(12)13)8(9)5(7)4-11/h2-3,11H,4H2,1H3. The zero-order chi connectivity index (χ0) is 10.7. The molecular formula is C8H8BrNO4. The van der Waals surface area contributed by atoms with E-state index in [9.17, 15) is 10.1 Å². The summed E-state index contributed by atoms with van der Waals surface area (Å²) in [5.74, 6) is 0.421. The molecule has 0 aromatic heterocycles. The van der Waals surface area contributed by atoms with Crippen molar-refractivity contribution in [2.45, 2.75) is 6.61 Å². The van der Waals surface area contributed by atoms with E-state index < -0.39 is 4.92 Å². The van der Waals surface area contributed by atoms with Gasteiger partial charge in [0.1, 0.15) is 10.2 Å². The summed E-state index contributed by atoms with van der Waals surface area (Å²) in [6.45, 7) is -0.314. The Labute approximate surface area is 88.6 Å². The first-order valence-corrected chi connectivity index (χ1v) is 4.51. The molecule has 1 aromatic rings. The van der Waals surface area contributed by atoms with E-state index in [0.717, 1.165) is 0 Å². The van der Waals surface area contributed by atoms with Crippen LogP contribution in [-0.2, 0) is 6.61 Å². The third-order valence-corrected chi connectivity index (χ3v) is 2.64. The molecule has 76 valence electrons. The van der Waals surface area contributed by atoms with E-state index in [-0.39, 0.29) is 16.8 Å². The van der Waals surface area contributed by atoms with Crippen LogP contribution in [0.3, 0.4) is 0 Å². The number of halogens is 1. The highest BCUT2D eigenvalue weighted by Crippen LogP contribution is 2.34. The van der Waals surface area contributed by atoms with Crippen LogP contribution in [0.1, 0.15) is 5.56 Å². The quantitative estimate of drug-likeness (QED) is 0.666. The molecule has 0 aliphatic heterocycles. The number of ether oxygens (including phenoxy) is 1. The molecule has 1 N–H and O–H groups in total. The molecule has 0 spiro atoms. The second-order valence-corrected chi connectivity index (χ2v) is 3.29. The Balaban J connectivity index is 3.34. The van der Waals surface area contributed by atoms with Crippen molar-refractivity contribution < 1.29 is 14.8 Å². The van der Waals surface area contributed by atoms with Gasteiger partial charge < -0.3 is 9.84 Å². The maximum Gasteiger partial charge on any atom is 0.284 e. The van der Waals surface area contributed by atoms with E-state index >= 15 is 0 Å². The number of rotatable bonds is 3. The molecule has 6 heteroatoms. The number of methoxy groups -OCH3 is 1. The van der Waals surface area contributed by atoms with Crippen molar-refractivity contribution in [1.29, 1.82) is 0 Å². The number of nitro benzene ring substituents is 1. The van der Waals surface area contributed by atoms with Crippen molar-refractivity contribution >= 4 is 21.6 Å². The smallest absolute Gasteiger partial charge is 0.284 e. The van der Waals surface area contributed by atoms with Crippen LogP contribution in [0.25, 0.3) is 0 Å². The second kappa shape index (κ2) is 4.39. The van der Waals surface area contributed by atoms with Gasteiger partial charge in [-0.05, 0) is 22.0 Å². The average Bonchev–Trinajstić information content (AvgIpc) is 2.16. The molecule has 5 nitrogen and oxygen atoms in total. The molecule has 0 saturated carbocycles. The maximum atomic E-state index is 10.5. The minimum absolute atomic E-state index is 0.0881. The fourth-order valence-corrected chi connectivity index (χ4v) is 1.67. The molecule has 0 saturated heterocycles. The van der Waals surface area contributed by atoms with Crippen molar-refractivity contribution in [1.82, 2.24) is 0 Å². The molecule has 0 atom stereocenters. The molecule has 0 bridgehead atoms. The van der Waals surface area contributed by atoms with Gasteiger partial charge in [0.25, 0.3) is 5.69 Å². The number of hydrogen-bond acceptors (Lipinski definition) is 4. The molecule has 0 aliphatic rings. The summed E-state index contributed by atoms with van der Waals surface area (Å²) in [7, 11) is 1.44. The Hall–Kier alpha value is -1.14. The fourth-order valence-electron chi connectivity index (χ4n) is 1.07. The Bertz CT molecular complexity index is 367. The summed E-state index contributed by atoms with van der Waals surface area (Å²) >= 11 is 3.05. The van der Waals surface area contributed by atoms with Crippen molar-refractivity contribution in [2.75, 3.05) is 7.11 Å². The van der Waals surface area contributed by atoms with E-state index in [4.69, 9.17) is 9.84 Å². The highest BCUT2D eigenvalue weighted by molar-refractivity contribution is 9.10. The van der Waals surface area contributed by atoms with Crippen molar-refractivity contribution in [3.63, 3.8) is 0 Å². The number of aliphatic hydroxyl groups is 1. The molecule has 0 amide bonds. The first-order chi connectivity index (χ1) is 6.61. The summed E-state index contributed by atoms with van der Waals surface area (Å²) in [6.07, 6.45) is 0. The molecule has 1 aromatic carbocycles. The monoisotopic (exact) mass is 261 g/mol. The number of nitrogens with zero attached hydrogens (tertiary/aromatic N) is 1. The highest BCUT2D eigenvalue weighted by Gasteiger charge is 2.18. The lowest BCUT2D eigenvalue weighted by Crippen LogP contribution is -1.97. The van der Waals surface area contributed by atoms with Crippen LogP contribution in [0.5, 0.6) is 5.75 Å². The van der Waals surface area contributed by atoms with Gasteiger partial charge in [-0.3, -0.25) is 10.1 Å². The van der Waals surface area contributed by atoms with E-state index in [1.165, 1.54) is 19.2 Å². The predicted molar refractivity (Wildman–Crippen MR) is 53.3 cm³/mol.